The number of hydrogen-bond donors (Lipinski definition) is 1. The maximum atomic E-state index is 12.6. The molecule has 1 aliphatic rings. The topological polar surface area (TPSA) is 85.6 Å². The molecule has 0 unspecified atom stereocenters. The largest absolute Gasteiger partial charge is 0.298 e. The molecular formula is C17H18N6OS. The lowest BCUT2D eigenvalue weighted by molar-refractivity contribution is 0.102. The first kappa shape index (κ1) is 15.9. The Balaban J connectivity index is 1.51. The zero-order valence-electron chi connectivity index (χ0n) is 13.8. The minimum atomic E-state index is -0.193. The summed E-state index contributed by atoms with van der Waals surface area (Å²) in [4.78, 5) is 26.6. The van der Waals surface area contributed by atoms with Crippen molar-refractivity contribution in [1.82, 2.24) is 24.7 Å². The molecule has 25 heavy (non-hydrogen) atoms. The van der Waals surface area contributed by atoms with E-state index >= 15 is 0 Å². The lowest BCUT2D eigenvalue weighted by Crippen LogP contribution is -2.13. The second-order valence-electron chi connectivity index (χ2n) is 6.10. The van der Waals surface area contributed by atoms with Crippen LogP contribution in [0.2, 0.25) is 0 Å². The molecule has 4 rings (SSSR count). The predicted molar refractivity (Wildman–Crippen MR) is 95.0 cm³/mol. The van der Waals surface area contributed by atoms with Gasteiger partial charge in [-0.05, 0) is 37.3 Å². The molecule has 0 fully saturated rings. The summed E-state index contributed by atoms with van der Waals surface area (Å²) in [6.45, 7) is 2.23. The zero-order valence-corrected chi connectivity index (χ0v) is 14.7. The molecule has 3 aromatic rings. The molecule has 128 valence electrons. The summed E-state index contributed by atoms with van der Waals surface area (Å²) in [6, 6.07) is 3.36. The quantitative estimate of drug-likeness (QED) is 0.778. The van der Waals surface area contributed by atoms with Crippen LogP contribution in [0.1, 0.15) is 40.7 Å². The molecular weight excluding hydrogens is 336 g/mol. The van der Waals surface area contributed by atoms with Gasteiger partial charge in [0.2, 0.25) is 0 Å². The van der Waals surface area contributed by atoms with Gasteiger partial charge in [0, 0.05) is 16.6 Å². The number of nitrogens with zero attached hydrogens (tertiary/aromatic N) is 5. The molecule has 0 radical (unpaired) electrons. The van der Waals surface area contributed by atoms with Gasteiger partial charge in [0.15, 0.2) is 10.9 Å². The molecule has 1 atom stereocenters. The van der Waals surface area contributed by atoms with Crippen LogP contribution in [0.5, 0.6) is 0 Å². The number of rotatable bonds is 4. The first-order valence-electron chi connectivity index (χ1n) is 8.34. The monoisotopic (exact) mass is 354 g/mol. The summed E-state index contributed by atoms with van der Waals surface area (Å²) < 4.78 is 1.52. The lowest BCUT2D eigenvalue weighted by atomic mass is 9.89. The summed E-state index contributed by atoms with van der Waals surface area (Å²) in [6.07, 6.45) is 9.02. The van der Waals surface area contributed by atoms with Crippen molar-refractivity contribution in [2.24, 2.45) is 5.92 Å². The third-order valence-electron chi connectivity index (χ3n) is 4.50. The van der Waals surface area contributed by atoms with Crippen molar-refractivity contribution in [2.45, 2.75) is 32.6 Å². The number of fused-ring (bicyclic) bond motifs is 1. The Bertz CT molecular complexity index is 888. The van der Waals surface area contributed by atoms with Gasteiger partial charge in [-0.15, -0.1) is 11.3 Å². The summed E-state index contributed by atoms with van der Waals surface area (Å²) in [5.74, 6) is 1.10. The van der Waals surface area contributed by atoms with Crippen molar-refractivity contribution >= 4 is 22.4 Å². The zero-order chi connectivity index (χ0) is 17.2. The van der Waals surface area contributed by atoms with Crippen molar-refractivity contribution in [1.29, 1.82) is 0 Å². The van der Waals surface area contributed by atoms with Gasteiger partial charge in [0.1, 0.15) is 12.7 Å². The Kier molecular flexibility index (Phi) is 4.27. The van der Waals surface area contributed by atoms with E-state index in [9.17, 15) is 4.79 Å². The van der Waals surface area contributed by atoms with E-state index in [-0.39, 0.29) is 5.91 Å². The number of pyridine rings is 1. The number of aryl methyl sites for hydroxylation is 1. The van der Waals surface area contributed by atoms with Crippen molar-refractivity contribution < 1.29 is 4.79 Å². The van der Waals surface area contributed by atoms with Gasteiger partial charge in [-0.2, -0.15) is 5.10 Å². The molecule has 0 spiro atoms. The predicted octanol–water partition coefficient (Wildman–Crippen LogP) is 2.89. The van der Waals surface area contributed by atoms with Crippen LogP contribution in [-0.4, -0.2) is 30.6 Å². The average Bonchev–Trinajstić information content (AvgIpc) is 3.30. The van der Waals surface area contributed by atoms with Gasteiger partial charge in [-0.1, -0.05) is 13.3 Å². The van der Waals surface area contributed by atoms with Gasteiger partial charge in [-0.25, -0.2) is 19.6 Å². The number of carbonyl (C=O) groups excluding carboxylic acids is 1. The Morgan fingerprint density at radius 2 is 2.40 bits per heavy atom. The standard InChI is InChI=1S/C17H18N6OS/c1-2-11-3-4-13-14(7-11)25-17(21-13)22-16(24)12-5-6-19-15(8-12)23-10-18-9-20-23/h5-6,8-11H,2-4,7H2,1H3,(H,21,22,24)/t11-/m0/s1. The number of thiazole rings is 1. The van der Waals surface area contributed by atoms with Crippen LogP contribution in [0.15, 0.2) is 31.0 Å². The summed E-state index contributed by atoms with van der Waals surface area (Å²) in [5.41, 5.74) is 1.66. The highest BCUT2D eigenvalue weighted by atomic mass is 32.1. The minimum Gasteiger partial charge on any atom is -0.298 e. The first-order chi connectivity index (χ1) is 12.2. The number of aromatic nitrogens is 5. The summed E-state index contributed by atoms with van der Waals surface area (Å²) in [5, 5.41) is 7.62. The highest BCUT2D eigenvalue weighted by Gasteiger charge is 2.22. The number of hydrogen-bond acceptors (Lipinski definition) is 6. The van der Waals surface area contributed by atoms with Crippen LogP contribution in [0.25, 0.3) is 5.82 Å². The van der Waals surface area contributed by atoms with Gasteiger partial charge in [-0.3, -0.25) is 10.1 Å². The van der Waals surface area contributed by atoms with Crippen LogP contribution in [-0.2, 0) is 12.8 Å². The molecule has 0 aliphatic heterocycles. The van der Waals surface area contributed by atoms with Crippen LogP contribution in [0, 0.1) is 5.92 Å². The van der Waals surface area contributed by atoms with Crippen LogP contribution in [0.3, 0.4) is 0 Å². The highest BCUT2D eigenvalue weighted by molar-refractivity contribution is 7.15. The smallest absolute Gasteiger partial charge is 0.257 e. The molecule has 1 amide bonds. The van der Waals surface area contributed by atoms with Crippen LogP contribution < -0.4 is 5.32 Å². The Morgan fingerprint density at radius 1 is 1.48 bits per heavy atom. The highest BCUT2D eigenvalue weighted by Crippen LogP contribution is 2.33. The van der Waals surface area contributed by atoms with E-state index in [1.54, 1.807) is 36.0 Å². The number of nitrogens with one attached hydrogen (secondary N) is 1. The minimum absolute atomic E-state index is 0.193. The first-order valence-corrected chi connectivity index (χ1v) is 9.15. The van der Waals surface area contributed by atoms with Crippen molar-refractivity contribution in [2.75, 3.05) is 5.32 Å². The second kappa shape index (κ2) is 6.72. The molecule has 0 saturated carbocycles. The van der Waals surface area contributed by atoms with E-state index < -0.39 is 0 Å². The third kappa shape index (κ3) is 3.30. The van der Waals surface area contributed by atoms with Crippen molar-refractivity contribution in [3.63, 3.8) is 0 Å². The second-order valence-corrected chi connectivity index (χ2v) is 7.19. The molecule has 0 bridgehead atoms. The van der Waals surface area contributed by atoms with Crippen LogP contribution >= 0.6 is 11.3 Å². The van der Waals surface area contributed by atoms with E-state index in [2.05, 4.69) is 32.3 Å². The fourth-order valence-electron chi connectivity index (χ4n) is 3.03. The fraction of sp³-hybridized carbons (Fsp3) is 0.353. The van der Waals surface area contributed by atoms with E-state index in [0.29, 0.717) is 16.5 Å². The van der Waals surface area contributed by atoms with Crippen molar-refractivity contribution in [3.8, 4) is 5.82 Å². The Hall–Kier alpha value is -2.61. The van der Waals surface area contributed by atoms with Gasteiger partial charge in [0.05, 0.1) is 5.69 Å². The van der Waals surface area contributed by atoms with E-state index in [1.165, 1.54) is 28.7 Å². The Morgan fingerprint density at radius 3 is 3.20 bits per heavy atom. The van der Waals surface area contributed by atoms with Gasteiger partial charge >= 0.3 is 0 Å². The summed E-state index contributed by atoms with van der Waals surface area (Å²) in [7, 11) is 0. The Labute approximate surface area is 149 Å². The maximum Gasteiger partial charge on any atom is 0.257 e. The van der Waals surface area contributed by atoms with E-state index in [4.69, 9.17) is 0 Å². The van der Waals surface area contributed by atoms with Gasteiger partial charge < -0.3 is 0 Å². The average molecular weight is 354 g/mol. The molecule has 1 N–H and O–H groups in total. The summed E-state index contributed by atoms with van der Waals surface area (Å²) >= 11 is 1.59. The van der Waals surface area contributed by atoms with Gasteiger partial charge in [0.25, 0.3) is 5.91 Å². The number of amides is 1. The fourth-order valence-corrected chi connectivity index (χ4v) is 4.14. The molecule has 0 aromatic carbocycles. The van der Waals surface area contributed by atoms with Crippen LogP contribution in [0.4, 0.5) is 5.13 Å². The number of carbonyl (C=O) groups is 1. The molecule has 0 saturated heterocycles. The maximum absolute atomic E-state index is 12.6. The SMILES string of the molecule is CC[C@H]1CCc2nc(NC(=O)c3ccnc(-n4cncn4)c3)sc2C1. The van der Waals surface area contributed by atoms with E-state index in [0.717, 1.165) is 24.5 Å². The molecule has 7 nitrogen and oxygen atoms in total. The van der Waals surface area contributed by atoms with Crippen molar-refractivity contribution in [3.05, 3.63) is 47.1 Å². The number of anilines is 1. The molecule has 3 heterocycles. The van der Waals surface area contributed by atoms with E-state index in [1.807, 2.05) is 0 Å². The molecule has 1 aliphatic carbocycles. The lowest BCUT2D eigenvalue weighted by Gasteiger charge is -2.18. The molecule has 8 heteroatoms. The molecule has 3 aromatic heterocycles. The third-order valence-corrected chi connectivity index (χ3v) is 5.54. The normalized spacial score (nSPS) is 16.4.